The molecule has 1 N–H and O–H groups in total. The van der Waals surface area contributed by atoms with Gasteiger partial charge >= 0.3 is 0 Å². The van der Waals surface area contributed by atoms with Crippen LogP contribution in [0.5, 0.6) is 0 Å². The summed E-state index contributed by atoms with van der Waals surface area (Å²) in [6, 6.07) is 22.1. The summed E-state index contributed by atoms with van der Waals surface area (Å²) in [6.07, 6.45) is 0. The second-order valence-corrected chi connectivity index (χ2v) is 4.56. The molecule has 3 heteroatoms. The smallest absolute Gasteiger partial charge is 0.146 e. The van der Waals surface area contributed by atoms with Crippen molar-refractivity contribution in [3.63, 3.8) is 0 Å². The third-order valence-electron chi connectivity index (χ3n) is 3.13. The molecular weight excluding hydrogens is 246 g/mol. The number of nitrogens with zero attached hydrogens (tertiary/aromatic N) is 2. The first kappa shape index (κ1) is 12.4. The molecule has 0 bridgehead atoms. The summed E-state index contributed by atoms with van der Waals surface area (Å²) in [5, 5.41) is 5.50. The second kappa shape index (κ2) is 5.53. The molecule has 0 atom stereocenters. The lowest BCUT2D eigenvalue weighted by molar-refractivity contribution is 1.25. The fourth-order valence-corrected chi connectivity index (χ4v) is 2.01. The number of hydrazone groups is 1. The van der Waals surface area contributed by atoms with Gasteiger partial charge in [0.2, 0.25) is 0 Å². The van der Waals surface area contributed by atoms with Crippen molar-refractivity contribution in [2.45, 2.75) is 6.92 Å². The summed E-state index contributed by atoms with van der Waals surface area (Å²) in [4.78, 5) is 4.52. The first-order valence-corrected chi connectivity index (χ1v) is 6.54. The highest BCUT2D eigenvalue weighted by Gasteiger charge is 1.98. The predicted octanol–water partition coefficient (Wildman–Crippen LogP) is 4.07. The molecule has 0 saturated heterocycles. The van der Waals surface area contributed by atoms with Crippen LogP contribution >= 0.6 is 0 Å². The van der Waals surface area contributed by atoms with E-state index in [0.717, 1.165) is 28.0 Å². The van der Waals surface area contributed by atoms with E-state index in [1.165, 1.54) is 0 Å². The average Bonchev–Trinajstić information content (AvgIpc) is 2.53. The maximum absolute atomic E-state index is 4.52. The maximum atomic E-state index is 4.52. The predicted molar refractivity (Wildman–Crippen MR) is 84.0 cm³/mol. The average molecular weight is 261 g/mol. The Morgan fingerprint density at radius 1 is 0.900 bits per heavy atom. The molecule has 2 aromatic carbocycles. The van der Waals surface area contributed by atoms with Gasteiger partial charge in [0, 0.05) is 5.39 Å². The van der Waals surface area contributed by atoms with E-state index in [1.807, 2.05) is 73.7 Å². The van der Waals surface area contributed by atoms with Crippen LogP contribution < -0.4 is 5.43 Å². The highest BCUT2D eigenvalue weighted by molar-refractivity contribution is 5.99. The maximum Gasteiger partial charge on any atom is 0.146 e. The van der Waals surface area contributed by atoms with Gasteiger partial charge in [-0.15, -0.1) is 0 Å². The monoisotopic (exact) mass is 261 g/mol. The number of aromatic nitrogens is 1. The van der Waals surface area contributed by atoms with Crippen LogP contribution in [0.3, 0.4) is 0 Å². The number of anilines is 1. The van der Waals surface area contributed by atoms with Gasteiger partial charge in [-0.05, 0) is 30.7 Å². The van der Waals surface area contributed by atoms with E-state index < -0.39 is 0 Å². The molecule has 0 radical (unpaired) electrons. The molecule has 0 saturated carbocycles. The lowest BCUT2D eigenvalue weighted by Crippen LogP contribution is -2.00. The van der Waals surface area contributed by atoms with Gasteiger partial charge < -0.3 is 0 Å². The molecule has 1 heterocycles. The van der Waals surface area contributed by atoms with Crippen LogP contribution in [0.25, 0.3) is 10.9 Å². The van der Waals surface area contributed by atoms with Crippen LogP contribution in [0.4, 0.5) is 5.82 Å². The van der Waals surface area contributed by atoms with Crippen molar-refractivity contribution in [3.8, 4) is 0 Å². The van der Waals surface area contributed by atoms with Crippen molar-refractivity contribution < 1.29 is 0 Å². The highest BCUT2D eigenvalue weighted by Crippen LogP contribution is 2.14. The summed E-state index contributed by atoms with van der Waals surface area (Å²) in [6.45, 7) is 1.98. The van der Waals surface area contributed by atoms with Gasteiger partial charge in [-0.25, -0.2) is 4.98 Å². The molecule has 0 spiro atoms. The summed E-state index contributed by atoms with van der Waals surface area (Å²) < 4.78 is 0. The zero-order valence-corrected chi connectivity index (χ0v) is 11.2. The lowest BCUT2D eigenvalue weighted by atomic mass is 10.1. The van der Waals surface area contributed by atoms with Crippen molar-refractivity contribution >= 4 is 22.4 Å². The minimum Gasteiger partial charge on any atom is -0.261 e. The van der Waals surface area contributed by atoms with Gasteiger partial charge in [0.25, 0.3) is 0 Å². The topological polar surface area (TPSA) is 37.3 Å². The highest BCUT2D eigenvalue weighted by atomic mass is 15.3. The summed E-state index contributed by atoms with van der Waals surface area (Å²) >= 11 is 0. The van der Waals surface area contributed by atoms with E-state index in [9.17, 15) is 0 Å². The lowest BCUT2D eigenvalue weighted by Gasteiger charge is -2.04. The van der Waals surface area contributed by atoms with Crippen LogP contribution in [0.1, 0.15) is 12.5 Å². The zero-order valence-electron chi connectivity index (χ0n) is 11.2. The Bertz CT molecular complexity index is 748. The van der Waals surface area contributed by atoms with Crippen LogP contribution in [0.2, 0.25) is 0 Å². The van der Waals surface area contributed by atoms with Gasteiger partial charge in [0.15, 0.2) is 0 Å². The normalized spacial score (nSPS) is 11.6. The zero-order chi connectivity index (χ0) is 13.8. The van der Waals surface area contributed by atoms with E-state index in [2.05, 4.69) is 15.5 Å². The van der Waals surface area contributed by atoms with E-state index in [0.29, 0.717) is 0 Å². The fourth-order valence-electron chi connectivity index (χ4n) is 2.01. The van der Waals surface area contributed by atoms with Gasteiger partial charge in [0.1, 0.15) is 5.82 Å². The fraction of sp³-hybridized carbons (Fsp3) is 0.0588. The van der Waals surface area contributed by atoms with Crippen molar-refractivity contribution in [3.05, 3.63) is 72.3 Å². The summed E-state index contributed by atoms with van der Waals surface area (Å²) in [7, 11) is 0. The van der Waals surface area contributed by atoms with Crippen molar-refractivity contribution in [2.24, 2.45) is 5.10 Å². The van der Waals surface area contributed by atoms with Crippen LogP contribution in [-0.4, -0.2) is 10.7 Å². The van der Waals surface area contributed by atoms with E-state index >= 15 is 0 Å². The van der Waals surface area contributed by atoms with Gasteiger partial charge in [0.05, 0.1) is 11.2 Å². The number of benzene rings is 2. The molecule has 0 amide bonds. The summed E-state index contributed by atoms with van der Waals surface area (Å²) in [5.41, 5.74) is 6.00. The van der Waals surface area contributed by atoms with Crippen molar-refractivity contribution in [2.75, 3.05) is 5.43 Å². The SMILES string of the molecule is CC(=NNc1ccc2ccccc2n1)c1ccccc1. The Morgan fingerprint density at radius 3 is 2.50 bits per heavy atom. The minimum absolute atomic E-state index is 0.749. The Hall–Kier alpha value is -2.68. The molecule has 20 heavy (non-hydrogen) atoms. The first-order chi connectivity index (χ1) is 9.83. The number of para-hydroxylation sites is 1. The van der Waals surface area contributed by atoms with Crippen molar-refractivity contribution in [1.82, 2.24) is 4.98 Å². The van der Waals surface area contributed by atoms with Crippen LogP contribution in [-0.2, 0) is 0 Å². The Balaban J connectivity index is 1.83. The number of nitrogens with one attached hydrogen (secondary N) is 1. The Labute approximate surface area is 118 Å². The number of pyridine rings is 1. The molecule has 0 unspecified atom stereocenters. The van der Waals surface area contributed by atoms with E-state index in [-0.39, 0.29) is 0 Å². The molecule has 3 nitrogen and oxygen atoms in total. The van der Waals surface area contributed by atoms with E-state index in [4.69, 9.17) is 0 Å². The standard InChI is InChI=1S/C17H15N3/c1-13(14-7-3-2-4-8-14)19-20-17-12-11-15-9-5-6-10-16(15)18-17/h2-12H,1H3,(H,18,20). The van der Waals surface area contributed by atoms with Crippen LogP contribution in [0.15, 0.2) is 71.8 Å². The third-order valence-corrected chi connectivity index (χ3v) is 3.13. The van der Waals surface area contributed by atoms with Crippen LogP contribution in [0, 0.1) is 0 Å². The molecule has 98 valence electrons. The first-order valence-electron chi connectivity index (χ1n) is 6.54. The quantitative estimate of drug-likeness (QED) is 0.570. The number of rotatable bonds is 3. The molecule has 0 fully saturated rings. The number of fused-ring (bicyclic) bond motifs is 1. The molecule has 3 aromatic rings. The molecule has 0 aliphatic rings. The largest absolute Gasteiger partial charge is 0.261 e. The number of hydrogen-bond donors (Lipinski definition) is 1. The third kappa shape index (κ3) is 2.67. The molecule has 0 aliphatic heterocycles. The Kier molecular flexibility index (Phi) is 3.42. The molecule has 3 rings (SSSR count). The van der Waals surface area contributed by atoms with Gasteiger partial charge in [-0.1, -0.05) is 48.5 Å². The summed E-state index contributed by atoms with van der Waals surface area (Å²) in [5.74, 6) is 0.749. The molecule has 0 aliphatic carbocycles. The number of hydrogen-bond acceptors (Lipinski definition) is 3. The molecular formula is C17H15N3. The van der Waals surface area contributed by atoms with Gasteiger partial charge in [-0.2, -0.15) is 5.10 Å². The van der Waals surface area contributed by atoms with Gasteiger partial charge in [-0.3, -0.25) is 5.43 Å². The molecule has 1 aromatic heterocycles. The Morgan fingerprint density at radius 2 is 1.65 bits per heavy atom. The van der Waals surface area contributed by atoms with Crippen molar-refractivity contribution in [1.29, 1.82) is 0 Å². The minimum atomic E-state index is 0.749. The van der Waals surface area contributed by atoms with E-state index in [1.54, 1.807) is 0 Å². The second-order valence-electron chi connectivity index (χ2n) is 4.56.